The van der Waals surface area contributed by atoms with Crippen LogP contribution in [-0.2, 0) is 14.8 Å². The van der Waals surface area contributed by atoms with Gasteiger partial charge in [0.1, 0.15) is 4.90 Å². The second kappa shape index (κ2) is 5.88. The van der Waals surface area contributed by atoms with Gasteiger partial charge in [0.05, 0.1) is 11.6 Å². The number of nitrogen functional groups attached to an aromatic ring is 1. The van der Waals surface area contributed by atoms with Crippen LogP contribution < -0.4 is 5.73 Å². The normalized spacial score (nSPS) is 13.8. The fourth-order valence-corrected chi connectivity index (χ4v) is 3.34. The van der Waals surface area contributed by atoms with Crippen LogP contribution in [-0.4, -0.2) is 39.5 Å². The molecule has 5 nitrogen and oxygen atoms in total. The molecule has 0 aromatic heterocycles. The van der Waals surface area contributed by atoms with E-state index in [4.69, 9.17) is 22.1 Å². The lowest BCUT2D eigenvalue weighted by Crippen LogP contribution is -2.37. The zero-order valence-corrected chi connectivity index (χ0v) is 12.1. The van der Waals surface area contributed by atoms with Crippen molar-refractivity contribution in [1.29, 1.82) is 0 Å². The Bertz CT molecular complexity index is 519. The van der Waals surface area contributed by atoms with Gasteiger partial charge in [0.25, 0.3) is 0 Å². The molecule has 0 saturated carbocycles. The van der Waals surface area contributed by atoms with Gasteiger partial charge in [0.15, 0.2) is 0 Å². The molecule has 0 bridgehead atoms. The topological polar surface area (TPSA) is 72.6 Å². The van der Waals surface area contributed by atoms with Crippen LogP contribution >= 0.6 is 11.6 Å². The number of sulfonamides is 1. The van der Waals surface area contributed by atoms with Gasteiger partial charge in [0.2, 0.25) is 10.0 Å². The number of benzene rings is 1. The first-order valence-corrected chi connectivity index (χ1v) is 7.14. The molecule has 1 atom stereocenters. The summed E-state index contributed by atoms with van der Waals surface area (Å²) < 4.78 is 30.8. The van der Waals surface area contributed by atoms with Crippen molar-refractivity contribution in [3.05, 3.63) is 23.2 Å². The highest BCUT2D eigenvalue weighted by molar-refractivity contribution is 7.89. The number of hydrogen-bond acceptors (Lipinski definition) is 4. The summed E-state index contributed by atoms with van der Waals surface area (Å²) in [6, 6.07) is 4.05. The number of nitrogens with two attached hydrogens (primary N) is 1. The average Bonchev–Trinajstić information content (AvgIpc) is 2.27. The number of methoxy groups -OCH3 is 1. The molecule has 0 amide bonds. The van der Waals surface area contributed by atoms with E-state index in [0.29, 0.717) is 12.3 Å². The van der Waals surface area contributed by atoms with Gasteiger partial charge >= 0.3 is 0 Å². The molecular weight excluding hydrogens is 276 g/mol. The molecule has 1 rings (SSSR count). The van der Waals surface area contributed by atoms with Crippen molar-refractivity contribution >= 4 is 27.3 Å². The highest BCUT2D eigenvalue weighted by Gasteiger charge is 2.27. The molecule has 0 aliphatic rings. The van der Waals surface area contributed by atoms with Crippen molar-refractivity contribution in [2.24, 2.45) is 0 Å². The van der Waals surface area contributed by atoms with Crippen molar-refractivity contribution in [3.63, 3.8) is 0 Å². The summed E-state index contributed by atoms with van der Waals surface area (Å²) in [4.78, 5) is 0.0452. The fraction of sp³-hybridized carbons (Fsp3) is 0.455. The van der Waals surface area contributed by atoms with Crippen molar-refractivity contribution in [2.75, 3.05) is 26.5 Å². The SMILES string of the molecule is COCC(C)N(C)S(=O)(=O)c1ccc(N)cc1Cl. The molecule has 0 saturated heterocycles. The molecule has 0 aliphatic heterocycles. The van der Waals surface area contributed by atoms with E-state index in [-0.39, 0.29) is 16.0 Å². The van der Waals surface area contributed by atoms with E-state index in [0.717, 1.165) is 0 Å². The Morgan fingerprint density at radius 1 is 1.50 bits per heavy atom. The first kappa shape index (κ1) is 15.2. The van der Waals surface area contributed by atoms with Gasteiger partial charge in [-0.15, -0.1) is 0 Å². The van der Waals surface area contributed by atoms with Crippen molar-refractivity contribution in [1.82, 2.24) is 4.31 Å². The molecule has 2 N–H and O–H groups in total. The summed E-state index contributed by atoms with van der Waals surface area (Å²) in [7, 11) is -0.629. The molecule has 1 aromatic rings. The molecule has 0 radical (unpaired) electrons. The maximum atomic E-state index is 12.3. The lowest BCUT2D eigenvalue weighted by atomic mass is 10.3. The van der Waals surface area contributed by atoms with Crippen LogP contribution in [0.2, 0.25) is 5.02 Å². The van der Waals surface area contributed by atoms with E-state index in [1.54, 1.807) is 6.92 Å². The molecule has 1 unspecified atom stereocenters. The van der Waals surface area contributed by atoms with E-state index >= 15 is 0 Å². The summed E-state index contributed by atoms with van der Waals surface area (Å²) in [6.07, 6.45) is 0. The van der Waals surface area contributed by atoms with Gasteiger partial charge in [-0.2, -0.15) is 4.31 Å². The smallest absolute Gasteiger partial charge is 0.244 e. The predicted molar refractivity (Wildman–Crippen MR) is 72.2 cm³/mol. The van der Waals surface area contributed by atoms with Crippen LogP contribution in [0.5, 0.6) is 0 Å². The Kier molecular flexibility index (Phi) is 4.98. The second-order valence-corrected chi connectivity index (χ2v) is 6.39. The first-order valence-electron chi connectivity index (χ1n) is 5.32. The van der Waals surface area contributed by atoms with Crippen LogP contribution in [0, 0.1) is 0 Å². The number of hydrogen-bond donors (Lipinski definition) is 1. The average molecular weight is 293 g/mol. The van der Waals surface area contributed by atoms with Crippen LogP contribution in [0.15, 0.2) is 23.1 Å². The maximum absolute atomic E-state index is 12.3. The number of nitrogens with zero attached hydrogens (tertiary/aromatic N) is 1. The number of halogens is 1. The quantitative estimate of drug-likeness (QED) is 0.836. The number of likely N-dealkylation sites (N-methyl/N-ethyl adjacent to an activating group) is 1. The minimum absolute atomic E-state index is 0.0452. The van der Waals surface area contributed by atoms with Gasteiger partial charge in [0, 0.05) is 25.9 Å². The summed E-state index contributed by atoms with van der Waals surface area (Å²) in [6.45, 7) is 2.06. The Morgan fingerprint density at radius 3 is 2.61 bits per heavy atom. The monoisotopic (exact) mass is 292 g/mol. The van der Waals surface area contributed by atoms with E-state index in [1.165, 1.54) is 36.7 Å². The summed E-state index contributed by atoms with van der Waals surface area (Å²) in [5.74, 6) is 0. The summed E-state index contributed by atoms with van der Waals surface area (Å²) in [5, 5.41) is 0.117. The standard InChI is InChI=1S/C11H17ClN2O3S/c1-8(7-17-3)14(2)18(15,16)11-5-4-9(13)6-10(11)12/h4-6,8H,7,13H2,1-3H3. The third-order valence-electron chi connectivity index (χ3n) is 2.64. The minimum Gasteiger partial charge on any atom is -0.399 e. The van der Waals surface area contributed by atoms with Crippen LogP contribution in [0.4, 0.5) is 5.69 Å². The summed E-state index contributed by atoms with van der Waals surface area (Å²) >= 11 is 5.92. The van der Waals surface area contributed by atoms with E-state index in [2.05, 4.69) is 0 Å². The van der Waals surface area contributed by atoms with Crippen LogP contribution in [0.25, 0.3) is 0 Å². The first-order chi connectivity index (χ1) is 8.30. The fourth-order valence-electron chi connectivity index (χ4n) is 1.46. The molecule has 1 aromatic carbocycles. The van der Waals surface area contributed by atoms with Gasteiger partial charge in [-0.25, -0.2) is 8.42 Å². The number of anilines is 1. The minimum atomic E-state index is -3.64. The summed E-state index contributed by atoms with van der Waals surface area (Å²) in [5.41, 5.74) is 5.96. The molecule has 102 valence electrons. The van der Waals surface area contributed by atoms with Crippen molar-refractivity contribution in [3.8, 4) is 0 Å². The third kappa shape index (κ3) is 3.14. The molecule has 7 heteroatoms. The van der Waals surface area contributed by atoms with Crippen molar-refractivity contribution < 1.29 is 13.2 Å². The highest BCUT2D eigenvalue weighted by atomic mass is 35.5. The van der Waals surface area contributed by atoms with Gasteiger partial charge in [-0.05, 0) is 25.1 Å². The molecule has 0 spiro atoms. The molecular formula is C11H17ClN2O3S. The molecule has 0 aliphatic carbocycles. The highest BCUT2D eigenvalue weighted by Crippen LogP contribution is 2.26. The van der Waals surface area contributed by atoms with E-state index < -0.39 is 10.0 Å². The Labute approximate surface area is 113 Å². The Hall–Kier alpha value is -0.820. The van der Waals surface area contributed by atoms with Gasteiger partial charge in [-0.1, -0.05) is 11.6 Å². The number of ether oxygens (including phenoxy) is 1. The van der Waals surface area contributed by atoms with Crippen molar-refractivity contribution in [2.45, 2.75) is 17.9 Å². The third-order valence-corrected chi connectivity index (χ3v) is 5.10. The largest absolute Gasteiger partial charge is 0.399 e. The zero-order valence-electron chi connectivity index (χ0n) is 10.6. The number of rotatable bonds is 5. The lowest BCUT2D eigenvalue weighted by molar-refractivity contribution is 0.149. The Balaban J connectivity index is 3.13. The predicted octanol–water partition coefficient (Wildman–Crippen LogP) is 1.58. The van der Waals surface area contributed by atoms with E-state index in [9.17, 15) is 8.42 Å². The molecule has 18 heavy (non-hydrogen) atoms. The molecule has 0 heterocycles. The zero-order chi connectivity index (χ0) is 13.9. The van der Waals surface area contributed by atoms with Crippen LogP contribution in [0.1, 0.15) is 6.92 Å². The second-order valence-electron chi connectivity index (χ2n) is 4.02. The van der Waals surface area contributed by atoms with E-state index in [1.807, 2.05) is 0 Å². The maximum Gasteiger partial charge on any atom is 0.244 e. The van der Waals surface area contributed by atoms with Crippen LogP contribution in [0.3, 0.4) is 0 Å². The van der Waals surface area contributed by atoms with Gasteiger partial charge < -0.3 is 10.5 Å². The lowest BCUT2D eigenvalue weighted by Gasteiger charge is -2.24. The van der Waals surface area contributed by atoms with Gasteiger partial charge in [-0.3, -0.25) is 0 Å². The Morgan fingerprint density at radius 2 is 2.11 bits per heavy atom. The molecule has 0 fully saturated rings.